The Morgan fingerprint density at radius 2 is 1.90 bits per heavy atom. The number of hydrogen-bond acceptors (Lipinski definition) is 3. The van der Waals surface area contributed by atoms with E-state index in [1.54, 1.807) is 0 Å². The first-order valence-corrected chi connectivity index (χ1v) is 9.51. The van der Waals surface area contributed by atoms with Gasteiger partial charge in [-0.15, -0.1) is 0 Å². The van der Waals surface area contributed by atoms with Crippen LogP contribution >= 0.6 is 0 Å². The lowest BCUT2D eigenvalue weighted by Gasteiger charge is -2.29. The van der Waals surface area contributed by atoms with Crippen LogP contribution in [0.15, 0.2) is 24.3 Å². The maximum atomic E-state index is 11.5. The third kappa shape index (κ3) is 4.51. The first-order valence-electron chi connectivity index (χ1n) is 7.45. The minimum atomic E-state index is -2.99. The Hall–Kier alpha value is -1.03. The van der Waals surface area contributed by atoms with E-state index in [2.05, 4.69) is 12.2 Å². The van der Waals surface area contributed by atoms with E-state index in [-0.39, 0.29) is 5.75 Å². The maximum absolute atomic E-state index is 11.5. The van der Waals surface area contributed by atoms with Gasteiger partial charge in [-0.1, -0.05) is 44.4 Å². The summed E-state index contributed by atoms with van der Waals surface area (Å²) in [4.78, 5) is 0. The van der Waals surface area contributed by atoms with Crippen LogP contribution in [0.25, 0.3) is 0 Å². The molecule has 2 atom stereocenters. The number of sulfone groups is 1. The summed E-state index contributed by atoms with van der Waals surface area (Å²) in [6, 6.07) is 7.73. The number of hydrogen-bond donors (Lipinski definition) is 1. The molecule has 0 bridgehead atoms. The second-order valence-corrected chi connectivity index (χ2v) is 8.27. The summed E-state index contributed by atoms with van der Waals surface area (Å²) in [5.74, 6) is 1.57. The van der Waals surface area contributed by atoms with Crippen LogP contribution in [-0.4, -0.2) is 21.2 Å². The van der Waals surface area contributed by atoms with Crippen LogP contribution in [0.3, 0.4) is 0 Å². The quantitative estimate of drug-likeness (QED) is 0.904. The molecule has 0 radical (unpaired) electrons. The average molecular weight is 295 g/mol. The predicted molar refractivity (Wildman–Crippen MR) is 84.6 cm³/mol. The third-order valence-corrected chi connectivity index (χ3v) is 5.11. The normalized spacial score (nSPS) is 23.5. The van der Waals surface area contributed by atoms with Crippen LogP contribution in [0.5, 0.6) is 0 Å². The van der Waals surface area contributed by atoms with Crippen LogP contribution < -0.4 is 5.32 Å². The largest absolute Gasteiger partial charge is 0.385 e. The second-order valence-electron chi connectivity index (χ2n) is 6.13. The molecule has 1 aromatic rings. The number of nitrogens with one attached hydrogen (secondary N) is 1. The Bertz CT molecular complexity index is 539. The molecule has 0 saturated heterocycles. The van der Waals surface area contributed by atoms with E-state index in [0.717, 1.165) is 23.7 Å². The molecule has 2 rings (SSSR count). The lowest BCUT2D eigenvalue weighted by molar-refractivity contribution is 0.268. The molecule has 0 unspecified atom stereocenters. The number of rotatable bonds is 5. The molecule has 112 valence electrons. The van der Waals surface area contributed by atoms with Crippen molar-refractivity contribution in [3.63, 3.8) is 0 Å². The van der Waals surface area contributed by atoms with Gasteiger partial charge in [-0.2, -0.15) is 0 Å². The van der Waals surface area contributed by atoms with Gasteiger partial charge in [0.1, 0.15) is 0 Å². The smallest absolute Gasteiger partial charge is 0.151 e. The van der Waals surface area contributed by atoms with Gasteiger partial charge in [-0.05, 0) is 29.9 Å². The first-order chi connectivity index (χ1) is 9.46. The fraction of sp³-hybridized carbons (Fsp3) is 0.625. The summed E-state index contributed by atoms with van der Waals surface area (Å²) in [6.45, 7) is 3.27. The molecule has 20 heavy (non-hydrogen) atoms. The summed E-state index contributed by atoms with van der Waals surface area (Å²) in [6.07, 6.45) is 6.55. The van der Waals surface area contributed by atoms with Crippen LogP contribution in [-0.2, 0) is 15.6 Å². The molecule has 1 N–H and O–H groups in total. The van der Waals surface area contributed by atoms with Gasteiger partial charge < -0.3 is 5.32 Å². The minimum absolute atomic E-state index is 0.108. The van der Waals surface area contributed by atoms with Crippen molar-refractivity contribution in [3.8, 4) is 0 Å². The van der Waals surface area contributed by atoms with Crippen LogP contribution in [0.1, 0.15) is 38.2 Å². The Morgan fingerprint density at radius 1 is 1.20 bits per heavy atom. The van der Waals surface area contributed by atoms with Gasteiger partial charge >= 0.3 is 0 Å². The topological polar surface area (TPSA) is 46.2 Å². The van der Waals surface area contributed by atoms with Crippen LogP contribution in [0.4, 0.5) is 5.69 Å². The van der Waals surface area contributed by atoms with Crippen LogP contribution in [0, 0.1) is 11.8 Å². The fourth-order valence-electron chi connectivity index (χ4n) is 3.04. The van der Waals surface area contributed by atoms with Crippen LogP contribution in [0.2, 0.25) is 0 Å². The Morgan fingerprint density at radius 3 is 2.60 bits per heavy atom. The number of anilines is 1. The maximum Gasteiger partial charge on any atom is 0.151 e. The van der Waals surface area contributed by atoms with E-state index in [1.807, 2.05) is 24.3 Å². The molecule has 3 nitrogen and oxygen atoms in total. The Balaban J connectivity index is 2.02. The molecule has 1 aliphatic rings. The molecule has 0 spiro atoms. The Labute approximate surface area is 122 Å². The monoisotopic (exact) mass is 295 g/mol. The second kappa shape index (κ2) is 6.61. The summed E-state index contributed by atoms with van der Waals surface area (Å²) in [7, 11) is -2.99. The van der Waals surface area contributed by atoms with Crippen molar-refractivity contribution >= 4 is 15.5 Å². The summed E-state index contributed by atoms with van der Waals surface area (Å²) < 4.78 is 23.0. The van der Waals surface area contributed by atoms with E-state index in [0.29, 0.717) is 5.92 Å². The van der Waals surface area contributed by atoms with E-state index >= 15 is 0 Å². The average Bonchev–Trinajstić information content (AvgIpc) is 2.37. The molecular weight excluding hydrogens is 270 g/mol. The highest BCUT2D eigenvalue weighted by molar-refractivity contribution is 7.89. The molecule has 1 fully saturated rings. The summed E-state index contributed by atoms with van der Waals surface area (Å²) in [5, 5.41) is 3.47. The van der Waals surface area contributed by atoms with Gasteiger partial charge in [0.25, 0.3) is 0 Å². The highest BCUT2D eigenvalue weighted by Gasteiger charge is 2.21. The fourth-order valence-corrected chi connectivity index (χ4v) is 3.86. The standard InChI is InChI=1S/C16H25NO2S/c1-13-7-3-4-8-14(13)11-17-16-10-6-5-9-15(16)12-20(2,18)19/h5-6,9-10,13-14,17H,3-4,7-8,11-12H2,1-2H3/t13-,14-/m0/s1. The minimum Gasteiger partial charge on any atom is -0.385 e. The van der Waals surface area contributed by atoms with E-state index in [9.17, 15) is 8.42 Å². The zero-order valence-corrected chi connectivity index (χ0v) is 13.2. The lowest BCUT2D eigenvalue weighted by Crippen LogP contribution is -2.24. The highest BCUT2D eigenvalue weighted by atomic mass is 32.2. The Kier molecular flexibility index (Phi) is 5.08. The number of para-hydroxylation sites is 1. The molecule has 0 heterocycles. The van der Waals surface area contributed by atoms with Gasteiger partial charge in [0.2, 0.25) is 0 Å². The van der Waals surface area contributed by atoms with Crippen molar-refractivity contribution in [2.45, 2.75) is 38.4 Å². The third-order valence-electron chi connectivity index (χ3n) is 4.28. The SMILES string of the molecule is C[C@H]1CCCC[C@H]1CNc1ccccc1CS(C)(=O)=O. The molecule has 0 aliphatic heterocycles. The summed E-state index contributed by atoms with van der Waals surface area (Å²) in [5.41, 5.74) is 1.84. The van der Waals surface area contributed by atoms with E-state index in [4.69, 9.17) is 0 Å². The molecule has 0 aromatic heterocycles. The van der Waals surface area contributed by atoms with Crippen molar-refractivity contribution < 1.29 is 8.42 Å². The number of benzene rings is 1. The first kappa shape index (κ1) is 15.4. The van der Waals surface area contributed by atoms with Crippen molar-refractivity contribution in [1.82, 2.24) is 0 Å². The zero-order valence-electron chi connectivity index (χ0n) is 12.4. The van der Waals surface area contributed by atoms with Gasteiger partial charge in [0.15, 0.2) is 9.84 Å². The van der Waals surface area contributed by atoms with Crippen molar-refractivity contribution in [1.29, 1.82) is 0 Å². The van der Waals surface area contributed by atoms with E-state index < -0.39 is 9.84 Å². The molecule has 1 aliphatic carbocycles. The highest BCUT2D eigenvalue weighted by Crippen LogP contribution is 2.30. The summed E-state index contributed by atoms with van der Waals surface area (Å²) >= 11 is 0. The van der Waals surface area contributed by atoms with Gasteiger partial charge in [0.05, 0.1) is 5.75 Å². The van der Waals surface area contributed by atoms with Crippen molar-refractivity contribution in [2.75, 3.05) is 18.1 Å². The van der Waals surface area contributed by atoms with Gasteiger partial charge in [-0.25, -0.2) is 8.42 Å². The molecule has 1 saturated carbocycles. The lowest BCUT2D eigenvalue weighted by atomic mass is 9.80. The molecule has 0 amide bonds. The molecule has 4 heteroatoms. The zero-order chi connectivity index (χ0) is 14.6. The van der Waals surface area contributed by atoms with Crippen molar-refractivity contribution in [2.24, 2.45) is 11.8 Å². The van der Waals surface area contributed by atoms with Gasteiger partial charge in [0, 0.05) is 18.5 Å². The molecule has 1 aromatic carbocycles. The van der Waals surface area contributed by atoms with Crippen molar-refractivity contribution in [3.05, 3.63) is 29.8 Å². The predicted octanol–water partition coefficient (Wildman–Crippen LogP) is 3.47. The molecular formula is C16H25NO2S. The van der Waals surface area contributed by atoms with E-state index in [1.165, 1.54) is 31.9 Å². The van der Waals surface area contributed by atoms with Gasteiger partial charge in [-0.3, -0.25) is 0 Å².